The van der Waals surface area contributed by atoms with Gasteiger partial charge in [0.2, 0.25) is 5.91 Å². The van der Waals surface area contributed by atoms with E-state index < -0.39 is 17.7 Å². The van der Waals surface area contributed by atoms with Crippen molar-refractivity contribution < 1.29 is 23.8 Å². The van der Waals surface area contributed by atoms with Crippen LogP contribution in [0.2, 0.25) is 0 Å². The lowest BCUT2D eigenvalue weighted by atomic mass is 10.1. The molecule has 1 atom stereocenters. The molecule has 0 heterocycles. The number of nitrogens with one attached hydrogen (secondary N) is 2. The summed E-state index contributed by atoms with van der Waals surface area (Å²) in [6.45, 7) is 7.21. The average Bonchev–Trinajstić information content (AvgIpc) is 2.97. The predicted molar refractivity (Wildman–Crippen MR) is 167 cm³/mol. The molecule has 0 aliphatic heterocycles. The summed E-state index contributed by atoms with van der Waals surface area (Å²) in [5.41, 5.74) is 1.48. The molecule has 7 nitrogen and oxygen atoms in total. The smallest absolute Gasteiger partial charge is 0.408 e. The summed E-state index contributed by atoms with van der Waals surface area (Å²) in [6, 6.07) is 26.8. The third-order valence-corrected chi connectivity index (χ3v) is 6.50. The van der Waals surface area contributed by atoms with E-state index in [1.165, 1.54) is 0 Å². The minimum Gasteiger partial charge on any atom is -0.494 e. The van der Waals surface area contributed by atoms with Crippen LogP contribution in [0.3, 0.4) is 0 Å². The van der Waals surface area contributed by atoms with Crippen molar-refractivity contribution in [2.45, 2.75) is 84.0 Å². The number of rotatable bonds is 17. The van der Waals surface area contributed by atoms with E-state index in [2.05, 4.69) is 10.6 Å². The maximum absolute atomic E-state index is 12.9. The van der Waals surface area contributed by atoms with Gasteiger partial charge in [-0.15, -0.1) is 0 Å². The van der Waals surface area contributed by atoms with Crippen molar-refractivity contribution in [1.29, 1.82) is 0 Å². The highest BCUT2D eigenvalue weighted by Gasteiger charge is 2.24. The molecule has 0 saturated heterocycles. The molecular formula is C35H46N2O5. The van der Waals surface area contributed by atoms with Crippen LogP contribution in [0.5, 0.6) is 11.5 Å². The Kier molecular flexibility index (Phi) is 13.7. The lowest BCUT2D eigenvalue weighted by Crippen LogP contribution is -2.49. The van der Waals surface area contributed by atoms with E-state index in [1.54, 1.807) is 20.8 Å². The topological polar surface area (TPSA) is 85.9 Å². The van der Waals surface area contributed by atoms with Crippen LogP contribution < -0.4 is 20.1 Å². The Balaban J connectivity index is 1.24. The van der Waals surface area contributed by atoms with Crippen LogP contribution in [-0.2, 0) is 22.6 Å². The molecule has 0 unspecified atom stereocenters. The minimum atomic E-state index is -0.694. The zero-order valence-electron chi connectivity index (χ0n) is 25.3. The van der Waals surface area contributed by atoms with Crippen LogP contribution in [0.1, 0.15) is 70.4 Å². The zero-order valence-corrected chi connectivity index (χ0v) is 25.3. The van der Waals surface area contributed by atoms with Gasteiger partial charge in [-0.25, -0.2) is 4.79 Å². The maximum atomic E-state index is 12.9. The van der Waals surface area contributed by atoms with Crippen molar-refractivity contribution >= 4 is 12.0 Å². The molecule has 226 valence electrons. The average molecular weight is 575 g/mol. The molecule has 2 amide bonds. The molecule has 3 rings (SSSR count). The predicted octanol–water partition coefficient (Wildman–Crippen LogP) is 7.24. The Morgan fingerprint density at radius 1 is 0.690 bits per heavy atom. The van der Waals surface area contributed by atoms with Gasteiger partial charge in [0.15, 0.2) is 0 Å². The molecule has 0 radical (unpaired) electrons. The molecule has 2 N–H and O–H groups in total. The molecule has 0 aliphatic rings. The summed E-state index contributed by atoms with van der Waals surface area (Å²) in [5, 5.41) is 5.72. The molecule has 0 aliphatic carbocycles. The Morgan fingerprint density at radius 3 is 1.86 bits per heavy atom. The summed E-state index contributed by atoms with van der Waals surface area (Å²) in [6.07, 6.45) is 6.07. The monoisotopic (exact) mass is 574 g/mol. The van der Waals surface area contributed by atoms with Gasteiger partial charge >= 0.3 is 6.09 Å². The van der Waals surface area contributed by atoms with Crippen LogP contribution in [0, 0.1) is 0 Å². The van der Waals surface area contributed by atoms with Crippen LogP contribution in [-0.4, -0.2) is 36.8 Å². The van der Waals surface area contributed by atoms with Crippen LogP contribution in [0.25, 0.3) is 0 Å². The number of carbonyl (C=O) groups is 2. The van der Waals surface area contributed by atoms with Crippen molar-refractivity contribution in [3.05, 3.63) is 96.1 Å². The number of amides is 2. The summed E-state index contributed by atoms with van der Waals surface area (Å²) < 4.78 is 17.1. The Bertz CT molecular complexity index is 1180. The van der Waals surface area contributed by atoms with Gasteiger partial charge in [0, 0.05) is 13.0 Å². The summed E-state index contributed by atoms with van der Waals surface area (Å²) >= 11 is 0. The van der Waals surface area contributed by atoms with Crippen LogP contribution in [0.15, 0.2) is 84.9 Å². The number of benzene rings is 3. The SMILES string of the molecule is CC(C)(C)OC(=O)N[C@H](Cc1ccccc1)C(=O)NCCCCCCCCOc1ccc(OCc2ccccc2)cc1. The van der Waals surface area contributed by atoms with Gasteiger partial charge in [0.25, 0.3) is 0 Å². The first-order valence-electron chi connectivity index (χ1n) is 15.0. The molecule has 7 heteroatoms. The first-order chi connectivity index (χ1) is 20.3. The number of hydrogen-bond acceptors (Lipinski definition) is 5. The second-order valence-electron chi connectivity index (χ2n) is 11.4. The van der Waals surface area contributed by atoms with E-state index in [9.17, 15) is 9.59 Å². The third-order valence-electron chi connectivity index (χ3n) is 6.50. The van der Waals surface area contributed by atoms with E-state index >= 15 is 0 Å². The number of carbonyl (C=O) groups excluding carboxylic acids is 2. The van der Waals surface area contributed by atoms with Gasteiger partial charge in [-0.1, -0.05) is 86.3 Å². The third kappa shape index (κ3) is 13.6. The van der Waals surface area contributed by atoms with Crippen molar-refractivity contribution in [2.75, 3.05) is 13.2 Å². The fourth-order valence-corrected chi connectivity index (χ4v) is 4.34. The zero-order chi connectivity index (χ0) is 30.0. The van der Waals surface area contributed by atoms with Gasteiger partial charge < -0.3 is 24.8 Å². The van der Waals surface area contributed by atoms with E-state index in [4.69, 9.17) is 14.2 Å². The largest absolute Gasteiger partial charge is 0.494 e. The van der Waals surface area contributed by atoms with E-state index in [1.807, 2.05) is 84.9 Å². The normalized spacial score (nSPS) is 11.8. The van der Waals surface area contributed by atoms with Gasteiger partial charge in [-0.05, 0) is 69.0 Å². The molecule has 0 fully saturated rings. The number of unbranched alkanes of at least 4 members (excludes halogenated alkanes) is 5. The van der Waals surface area contributed by atoms with Crippen molar-refractivity contribution in [1.82, 2.24) is 10.6 Å². The second kappa shape index (κ2) is 17.7. The Labute approximate surface area is 251 Å². The summed E-state index contributed by atoms with van der Waals surface area (Å²) in [7, 11) is 0. The molecule has 3 aromatic carbocycles. The summed E-state index contributed by atoms with van der Waals surface area (Å²) in [4.78, 5) is 25.2. The van der Waals surface area contributed by atoms with Gasteiger partial charge in [0.1, 0.15) is 29.7 Å². The highest BCUT2D eigenvalue weighted by atomic mass is 16.6. The van der Waals surface area contributed by atoms with Crippen molar-refractivity contribution in [2.24, 2.45) is 0 Å². The van der Waals surface area contributed by atoms with Crippen LogP contribution in [0.4, 0.5) is 4.79 Å². The quantitative estimate of drug-likeness (QED) is 0.166. The molecule has 42 heavy (non-hydrogen) atoms. The fraction of sp³-hybridized carbons (Fsp3) is 0.429. The van der Waals surface area contributed by atoms with Crippen molar-refractivity contribution in [3.8, 4) is 11.5 Å². The molecule has 0 aromatic heterocycles. The standard InChI is InChI=1S/C35H46N2O5/c1-35(2,3)42-34(39)37-32(26-28-16-10-8-11-17-28)33(38)36-24-14-6-4-5-7-15-25-40-30-20-22-31(23-21-30)41-27-29-18-12-9-13-19-29/h8-13,16-23,32H,4-7,14-15,24-27H2,1-3H3,(H,36,38)(H,37,39)/t32-/m1/s1. The van der Waals surface area contributed by atoms with E-state index in [-0.39, 0.29) is 5.91 Å². The highest BCUT2D eigenvalue weighted by Crippen LogP contribution is 2.19. The van der Waals surface area contributed by atoms with E-state index in [0.29, 0.717) is 26.2 Å². The molecule has 0 bridgehead atoms. The minimum absolute atomic E-state index is 0.197. The fourth-order valence-electron chi connectivity index (χ4n) is 4.34. The second-order valence-corrected chi connectivity index (χ2v) is 11.4. The lowest BCUT2D eigenvalue weighted by molar-refractivity contribution is -0.123. The van der Waals surface area contributed by atoms with Gasteiger partial charge in [0.05, 0.1) is 6.61 Å². The molecule has 0 spiro atoms. The maximum Gasteiger partial charge on any atom is 0.408 e. The highest BCUT2D eigenvalue weighted by molar-refractivity contribution is 5.86. The first kappa shape index (κ1) is 32.5. The Hall–Kier alpha value is -4.00. The molecular weight excluding hydrogens is 528 g/mol. The lowest BCUT2D eigenvalue weighted by Gasteiger charge is -2.23. The summed E-state index contributed by atoms with van der Waals surface area (Å²) in [5.74, 6) is 1.48. The number of alkyl carbamates (subject to hydrolysis) is 1. The van der Waals surface area contributed by atoms with Gasteiger partial charge in [-0.3, -0.25) is 4.79 Å². The number of hydrogen-bond donors (Lipinski definition) is 2. The van der Waals surface area contributed by atoms with Gasteiger partial charge in [-0.2, -0.15) is 0 Å². The first-order valence-corrected chi connectivity index (χ1v) is 15.0. The van der Waals surface area contributed by atoms with Crippen LogP contribution >= 0.6 is 0 Å². The van der Waals surface area contributed by atoms with Crippen molar-refractivity contribution in [3.63, 3.8) is 0 Å². The molecule has 0 saturated carbocycles. The Morgan fingerprint density at radius 2 is 1.24 bits per heavy atom. The number of ether oxygens (including phenoxy) is 3. The van der Waals surface area contributed by atoms with E-state index in [0.717, 1.165) is 61.2 Å². The molecule has 3 aromatic rings.